The quantitative estimate of drug-likeness (QED) is 0.458. The molecule has 4 aromatic rings. The number of nitrogens with zero attached hydrogens (tertiary/aromatic N) is 3. The molecular formula is C25H27N5O4. The molecule has 1 saturated heterocycles. The van der Waals surface area contributed by atoms with Gasteiger partial charge < -0.3 is 19.6 Å². The maximum atomic E-state index is 12.8. The van der Waals surface area contributed by atoms with Crippen LogP contribution in [0.1, 0.15) is 37.5 Å². The number of imidazole rings is 1. The SMILES string of the molecule is COc1ccc2c(c1)[nH]c(=O)n2C1CCN(C(=O)CCCc2nc3ccccc3c(=O)[nH]2)CC1. The lowest BCUT2D eigenvalue weighted by molar-refractivity contribution is -0.132. The number of nitrogens with one attached hydrogen (secondary N) is 2. The molecule has 0 radical (unpaired) electrons. The van der Waals surface area contributed by atoms with E-state index in [-0.39, 0.29) is 23.2 Å². The second-order valence-corrected chi connectivity index (χ2v) is 8.68. The molecule has 1 fully saturated rings. The molecular weight excluding hydrogens is 434 g/mol. The van der Waals surface area contributed by atoms with Crippen molar-refractivity contribution in [3.05, 3.63) is 69.1 Å². The Morgan fingerprint density at radius 1 is 1.12 bits per heavy atom. The molecule has 0 bridgehead atoms. The number of aryl methyl sites for hydroxylation is 1. The first kappa shape index (κ1) is 21.9. The van der Waals surface area contributed by atoms with Crippen LogP contribution in [-0.4, -0.2) is 50.5 Å². The van der Waals surface area contributed by atoms with Crippen LogP contribution in [0.5, 0.6) is 5.75 Å². The number of hydrogen-bond acceptors (Lipinski definition) is 5. The molecule has 1 aliphatic heterocycles. The zero-order valence-electron chi connectivity index (χ0n) is 19.0. The van der Waals surface area contributed by atoms with Gasteiger partial charge >= 0.3 is 5.69 Å². The summed E-state index contributed by atoms with van der Waals surface area (Å²) in [5, 5.41) is 0.568. The van der Waals surface area contributed by atoms with E-state index in [1.165, 1.54) is 0 Å². The Morgan fingerprint density at radius 2 is 1.91 bits per heavy atom. The second kappa shape index (κ2) is 9.17. The van der Waals surface area contributed by atoms with E-state index in [9.17, 15) is 14.4 Å². The summed E-state index contributed by atoms with van der Waals surface area (Å²) in [6, 6.07) is 12.9. The minimum atomic E-state index is -0.153. The number of likely N-dealkylation sites (tertiary alicyclic amines) is 1. The van der Waals surface area contributed by atoms with Crippen LogP contribution in [-0.2, 0) is 11.2 Å². The molecule has 0 aliphatic carbocycles. The van der Waals surface area contributed by atoms with Gasteiger partial charge in [-0.2, -0.15) is 0 Å². The van der Waals surface area contributed by atoms with E-state index in [0.29, 0.717) is 54.8 Å². The third-order valence-electron chi connectivity index (χ3n) is 6.57. The standard InChI is InChI=1S/C25H27N5O4/c1-34-17-9-10-21-20(15-17)27-25(33)30(21)16-11-13-29(14-12-16)23(31)8-4-7-22-26-19-6-3-2-5-18(19)24(32)28-22/h2-3,5-6,9-10,15-16H,4,7-8,11-14H2,1H3,(H,27,33)(H,26,28,32). The number of aromatic amines is 2. The van der Waals surface area contributed by atoms with Gasteiger partial charge in [-0.05, 0) is 43.5 Å². The number of rotatable bonds is 6. The van der Waals surface area contributed by atoms with Crippen molar-refractivity contribution in [2.75, 3.05) is 20.2 Å². The number of aromatic nitrogens is 4. The number of benzene rings is 2. The molecule has 2 N–H and O–H groups in total. The fourth-order valence-corrected chi connectivity index (χ4v) is 4.79. The largest absolute Gasteiger partial charge is 0.497 e. The Morgan fingerprint density at radius 3 is 2.71 bits per heavy atom. The van der Waals surface area contributed by atoms with Gasteiger partial charge in [-0.15, -0.1) is 0 Å². The number of fused-ring (bicyclic) bond motifs is 2. The van der Waals surface area contributed by atoms with Gasteiger partial charge in [-0.25, -0.2) is 9.78 Å². The van der Waals surface area contributed by atoms with E-state index in [1.54, 1.807) is 17.7 Å². The van der Waals surface area contributed by atoms with Crippen molar-refractivity contribution >= 4 is 27.8 Å². The van der Waals surface area contributed by atoms with Crippen LogP contribution < -0.4 is 16.0 Å². The van der Waals surface area contributed by atoms with Crippen molar-refractivity contribution in [3.63, 3.8) is 0 Å². The monoisotopic (exact) mass is 461 g/mol. The van der Waals surface area contributed by atoms with Crippen LogP contribution >= 0.6 is 0 Å². The molecule has 0 atom stereocenters. The topological polar surface area (TPSA) is 113 Å². The fraction of sp³-hybridized carbons (Fsp3) is 0.360. The van der Waals surface area contributed by atoms with Crippen LogP contribution in [0.4, 0.5) is 0 Å². The number of hydrogen-bond donors (Lipinski definition) is 2. The van der Waals surface area contributed by atoms with Crippen molar-refractivity contribution in [2.24, 2.45) is 0 Å². The summed E-state index contributed by atoms with van der Waals surface area (Å²) in [6.07, 6.45) is 3.00. The molecule has 5 rings (SSSR count). The molecule has 176 valence electrons. The van der Waals surface area contributed by atoms with Crippen LogP contribution in [0.25, 0.3) is 21.9 Å². The Labute approximate surface area is 195 Å². The molecule has 1 aliphatic rings. The molecule has 2 aromatic carbocycles. The number of methoxy groups -OCH3 is 1. The van der Waals surface area contributed by atoms with Gasteiger partial charge in [-0.1, -0.05) is 12.1 Å². The van der Waals surface area contributed by atoms with E-state index < -0.39 is 0 Å². The van der Waals surface area contributed by atoms with Gasteiger partial charge in [0.2, 0.25) is 5.91 Å². The first-order valence-corrected chi connectivity index (χ1v) is 11.6. The van der Waals surface area contributed by atoms with E-state index in [2.05, 4.69) is 15.0 Å². The molecule has 3 heterocycles. The lowest BCUT2D eigenvalue weighted by Gasteiger charge is -2.32. The summed E-state index contributed by atoms with van der Waals surface area (Å²) in [5.74, 6) is 1.40. The summed E-state index contributed by atoms with van der Waals surface area (Å²) in [7, 11) is 1.60. The smallest absolute Gasteiger partial charge is 0.326 e. The van der Waals surface area contributed by atoms with Crippen molar-refractivity contribution in [1.29, 1.82) is 0 Å². The summed E-state index contributed by atoms with van der Waals surface area (Å²) >= 11 is 0. The molecule has 0 saturated carbocycles. The highest BCUT2D eigenvalue weighted by atomic mass is 16.5. The number of ether oxygens (including phenoxy) is 1. The van der Waals surface area contributed by atoms with E-state index >= 15 is 0 Å². The average molecular weight is 462 g/mol. The van der Waals surface area contributed by atoms with E-state index in [4.69, 9.17) is 4.74 Å². The Hall–Kier alpha value is -3.88. The van der Waals surface area contributed by atoms with Crippen LogP contribution in [0.15, 0.2) is 52.1 Å². The van der Waals surface area contributed by atoms with Crippen molar-refractivity contribution in [3.8, 4) is 5.75 Å². The van der Waals surface area contributed by atoms with Crippen LogP contribution in [0.3, 0.4) is 0 Å². The summed E-state index contributed by atoms with van der Waals surface area (Å²) in [5.41, 5.74) is 1.99. The van der Waals surface area contributed by atoms with Gasteiger partial charge in [0, 0.05) is 38.0 Å². The molecule has 34 heavy (non-hydrogen) atoms. The Balaban J connectivity index is 1.17. The number of piperidine rings is 1. The van der Waals surface area contributed by atoms with Crippen molar-refractivity contribution in [1.82, 2.24) is 24.4 Å². The predicted molar refractivity (Wildman–Crippen MR) is 129 cm³/mol. The first-order valence-electron chi connectivity index (χ1n) is 11.6. The third kappa shape index (κ3) is 4.21. The lowest BCUT2D eigenvalue weighted by Crippen LogP contribution is -2.40. The summed E-state index contributed by atoms with van der Waals surface area (Å²) in [4.78, 5) is 49.7. The van der Waals surface area contributed by atoms with Gasteiger partial charge in [0.15, 0.2) is 0 Å². The highest BCUT2D eigenvalue weighted by Crippen LogP contribution is 2.27. The maximum absolute atomic E-state index is 12.8. The molecule has 9 nitrogen and oxygen atoms in total. The molecule has 0 spiro atoms. The second-order valence-electron chi connectivity index (χ2n) is 8.68. The molecule has 2 aromatic heterocycles. The van der Waals surface area contributed by atoms with E-state index in [0.717, 1.165) is 23.9 Å². The third-order valence-corrected chi connectivity index (χ3v) is 6.57. The minimum absolute atomic E-state index is 0.0468. The number of carbonyl (C=O) groups excluding carboxylic acids is 1. The minimum Gasteiger partial charge on any atom is -0.497 e. The Kier molecular flexibility index (Phi) is 5.91. The van der Waals surface area contributed by atoms with Crippen molar-refractivity contribution < 1.29 is 9.53 Å². The highest BCUT2D eigenvalue weighted by molar-refractivity contribution is 5.78. The van der Waals surface area contributed by atoms with Gasteiger partial charge in [0.25, 0.3) is 5.56 Å². The van der Waals surface area contributed by atoms with Crippen LogP contribution in [0, 0.1) is 0 Å². The van der Waals surface area contributed by atoms with Crippen LogP contribution in [0.2, 0.25) is 0 Å². The van der Waals surface area contributed by atoms with Gasteiger partial charge in [0.05, 0.1) is 29.0 Å². The van der Waals surface area contributed by atoms with Gasteiger partial charge in [-0.3, -0.25) is 14.2 Å². The fourth-order valence-electron chi connectivity index (χ4n) is 4.79. The summed E-state index contributed by atoms with van der Waals surface area (Å²) < 4.78 is 7.05. The normalized spacial score (nSPS) is 14.7. The number of para-hydroxylation sites is 1. The van der Waals surface area contributed by atoms with E-state index in [1.807, 2.05) is 41.3 Å². The molecule has 1 amide bonds. The van der Waals surface area contributed by atoms with Gasteiger partial charge in [0.1, 0.15) is 11.6 Å². The maximum Gasteiger partial charge on any atom is 0.326 e. The Bertz CT molecular complexity index is 1460. The number of amides is 1. The summed E-state index contributed by atoms with van der Waals surface area (Å²) in [6.45, 7) is 1.23. The molecule has 9 heteroatoms. The zero-order chi connectivity index (χ0) is 23.7. The zero-order valence-corrected chi connectivity index (χ0v) is 19.0. The first-order chi connectivity index (χ1) is 16.5. The number of carbonyl (C=O) groups is 1. The lowest BCUT2D eigenvalue weighted by atomic mass is 10.0. The highest BCUT2D eigenvalue weighted by Gasteiger charge is 2.26. The number of H-pyrrole nitrogens is 2. The molecule has 0 unspecified atom stereocenters. The predicted octanol–water partition coefficient (Wildman–Crippen LogP) is 2.76. The van der Waals surface area contributed by atoms with Crippen molar-refractivity contribution in [2.45, 2.75) is 38.1 Å². The average Bonchev–Trinajstić information content (AvgIpc) is 3.18.